The number of anilines is 1. The van der Waals surface area contributed by atoms with Crippen LogP contribution < -0.4 is 14.4 Å². The van der Waals surface area contributed by atoms with E-state index in [2.05, 4.69) is 5.32 Å². The van der Waals surface area contributed by atoms with Crippen molar-refractivity contribution in [1.29, 1.82) is 0 Å². The van der Waals surface area contributed by atoms with E-state index in [9.17, 15) is 28.1 Å². The van der Waals surface area contributed by atoms with Gasteiger partial charge in [0, 0.05) is 24.7 Å². The van der Waals surface area contributed by atoms with Crippen LogP contribution in [0.1, 0.15) is 51.0 Å². The average Bonchev–Trinajstić information content (AvgIpc) is 3.04. The summed E-state index contributed by atoms with van der Waals surface area (Å²) in [7, 11) is -2.79. The van der Waals surface area contributed by atoms with Crippen molar-refractivity contribution in [2.45, 2.75) is 69.0 Å². The number of non-ortho nitro benzene ring substituents is 1. The quantitative estimate of drug-likeness (QED) is 0.208. The van der Waals surface area contributed by atoms with Crippen LogP contribution in [0.2, 0.25) is 0 Å². The molecule has 0 heterocycles. The zero-order valence-electron chi connectivity index (χ0n) is 24.9. The number of carbonyl (C=O) groups is 2. The number of hydrogen-bond donors (Lipinski definition) is 1. The zero-order valence-corrected chi connectivity index (χ0v) is 25.7. The molecule has 1 fully saturated rings. The minimum Gasteiger partial charge on any atom is -0.497 e. The van der Waals surface area contributed by atoms with Gasteiger partial charge in [0.1, 0.15) is 18.3 Å². The number of nitro groups is 1. The minimum absolute atomic E-state index is 0.0167. The third kappa shape index (κ3) is 7.93. The van der Waals surface area contributed by atoms with Crippen LogP contribution in [0, 0.1) is 10.1 Å². The molecule has 2 amide bonds. The summed E-state index contributed by atoms with van der Waals surface area (Å²) < 4.78 is 34.0. The van der Waals surface area contributed by atoms with Crippen LogP contribution in [0.4, 0.5) is 11.4 Å². The Bertz CT molecular complexity index is 1540. The standard InChI is InChI=1S/C32H38N4O7S/c1-3-30(32(38)33-25-11-6-4-7-12-25)34(22-24-17-19-28(43-2)20-18-24)31(37)23-35(26-13-10-14-27(21-26)36(39)40)44(41,42)29-15-8-5-9-16-29/h5,8-10,13-21,25,30H,3-4,6-7,11-12,22-23H2,1-2H3,(H,33,38). The molecule has 3 aromatic carbocycles. The molecule has 1 N–H and O–H groups in total. The third-order valence-electron chi connectivity index (χ3n) is 7.79. The molecule has 1 unspecified atom stereocenters. The molecule has 0 saturated heterocycles. The summed E-state index contributed by atoms with van der Waals surface area (Å²) in [6, 6.07) is 18.9. The number of nitrogens with one attached hydrogen (secondary N) is 1. The molecule has 1 aliphatic rings. The number of rotatable bonds is 13. The molecule has 0 aromatic heterocycles. The van der Waals surface area contributed by atoms with Crippen molar-refractivity contribution in [2.75, 3.05) is 18.0 Å². The summed E-state index contributed by atoms with van der Waals surface area (Å²) in [6.45, 7) is 1.16. The summed E-state index contributed by atoms with van der Waals surface area (Å²) in [4.78, 5) is 40.1. The predicted molar refractivity (Wildman–Crippen MR) is 167 cm³/mol. The second-order valence-corrected chi connectivity index (χ2v) is 12.6. The fraction of sp³-hybridized carbons (Fsp3) is 0.375. The predicted octanol–water partition coefficient (Wildman–Crippen LogP) is 5.06. The van der Waals surface area contributed by atoms with E-state index in [1.807, 2.05) is 0 Å². The van der Waals surface area contributed by atoms with E-state index in [0.717, 1.165) is 48.0 Å². The number of amides is 2. The highest BCUT2D eigenvalue weighted by atomic mass is 32.2. The molecule has 0 radical (unpaired) electrons. The molecule has 0 aliphatic heterocycles. The van der Waals surface area contributed by atoms with Gasteiger partial charge < -0.3 is 15.0 Å². The van der Waals surface area contributed by atoms with Crippen LogP contribution in [-0.2, 0) is 26.2 Å². The van der Waals surface area contributed by atoms with Gasteiger partial charge in [0.25, 0.3) is 15.7 Å². The molecule has 1 aliphatic carbocycles. The molecule has 234 valence electrons. The Kier molecular flexibility index (Phi) is 10.9. The lowest BCUT2D eigenvalue weighted by Gasteiger charge is -2.34. The van der Waals surface area contributed by atoms with Crippen LogP contribution in [0.5, 0.6) is 5.75 Å². The molecule has 1 atom stereocenters. The largest absolute Gasteiger partial charge is 0.497 e. The van der Waals surface area contributed by atoms with Crippen molar-refractivity contribution in [3.63, 3.8) is 0 Å². The van der Waals surface area contributed by atoms with Gasteiger partial charge in [0.05, 0.1) is 22.6 Å². The normalized spacial score (nSPS) is 14.3. The number of sulfonamides is 1. The lowest BCUT2D eigenvalue weighted by atomic mass is 9.95. The summed E-state index contributed by atoms with van der Waals surface area (Å²) in [5.74, 6) is -0.300. The first kappa shape index (κ1) is 32.5. The van der Waals surface area contributed by atoms with Gasteiger partial charge in [0.15, 0.2) is 0 Å². The zero-order chi connectivity index (χ0) is 31.7. The van der Waals surface area contributed by atoms with Gasteiger partial charge in [-0.05, 0) is 55.2 Å². The van der Waals surface area contributed by atoms with Crippen molar-refractivity contribution in [1.82, 2.24) is 10.2 Å². The van der Waals surface area contributed by atoms with Crippen molar-refractivity contribution in [3.05, 3.63) is 94.5 Å². The van der Waals surface area contributed by atoms with Gasteiger partial charge in [-0.2, -0.15) is 0 Å². The Labute approximate surface area is 258 Å². The molecule has 44 heavy (non-hydrogen) atoms. The van der Waals surface area contributed by atoms with Crippen LogP contribution in [0.3, 0.4) is 0 Å². The number of hydrogen-bond acceptors (Lipinski definition) is 7. The van der Waals surface area contributed by atoms with E-state index >= 15 is 0 Å². The van der Waals surface area contributed by atoms with Crippen LogP contribution in [-0.4, -0.2) is 55.8 Å². The van der Waals surface area contributed by atoms with E-state index in [-0.39, 0.29) is 34.8 Å². The van der Waals surface area contributed by atoms with Crippen molar-refractivity contribution in [3.8, 4) is 5.75 Å². The molecule has 12 heteroatoms. The summed E-state index contributed by atoms with van der Waals surface area (Å²) in [5, 5.41) is 14.7. The molecule has 1 saturated carbocycles. The van der Waals surface area contributed by atoms with Crippen molar-refractivity contribution >= 4 is 33.2 Å². The lowest BCUT2D eigenvalue weighted by Crippen LogP contribution is -2.54. The van der Waals surface area contributed by atoms with Gasteiger partial charge in [0.2, 0.25) is 11.8 Å². The highest BCUT2D eigenvalue weighted by Gasteiger charge is 2.34. The van der Waals surface area contributed by atoms with Gasteiger partial charge in [-0.25, -0.2) is 8.42 Å². The number of nitro benzene ring substituents is 1. The minimum atomic E-state index is -4.34. The molecule has 11 nitrogen and oxygen atoms in total. The van der Waals surface area contributed by atoms with Crippen LogP contribution in [0.15, 0.2) is 83.8 Å². The molecule has 0 bridgehead atoms. The molecular formula is C32H38N4O7S. The Morgan fingerprint density at radius 1 is 1.00 bits per heavy atom. The Hall–Kier alpha value is -4.45. The third-order valence-corrected chi connectivity index (χ3v) is 9.58. The van der Waals surface area contributed by atoms with Gasteiger partial charge in [-0.1, -0.05) is 62.6 Å². The van der Waals surface area contributed by atoms with E-state index in [1.165, 1.54) is 35.2 Å². The van der Waals surface area contributed by atoms with Gasteiger partial charge in [-0.3, -0.25) is 24.0 Å². The topological polar surface area (TPSA) is 139 Å². The summed E-state index contributed by atoms with van der Waals surface area (Å²) >= 11 is 0. The summed E-state index contributed by atoms with van der Waals surface area (Å²) in [5.41, 5.74) is 0.355. The smallest absolute Gasteiger partial charge is 0.271 e. The van der Waals surface area contributed by atoms with Crippen LogP contribution >= 0.6 is 0 Å². The fourth-order valence-corrected chi connectivity index (χ4v) is 6.83. The Morgan fingerprint density at radius 3 is 2.30 bits per heavy atom. The number of nitrogens with zero attached hydrogens (tertiary/aromatic N) is 3. The molecule has 3 aromatic rings. The fourth-order valence-electron chi connectivity index (χ4n) is 5.40. The highest BCUT2D eigenvalue weighted by molar-refractivity contribution is 7.92. The van der Waals surface area contributed by atoms with Crippen molar-refractivity contribution in [2.24, 2.45) is 0 Å². The molecular weight excluding hydrogens is 584 g/mol. The van der Waals surface area contributed by atoms with E-state index in [4.69, 9.17) is 4.74 Å². The number of ether oxygens (including phenoxy) is 1. The first-order valence-electron chi connectivity index (χ1n) is 14.7. The SMILES string of the molecule is CCC(C(=O)NC1CCCCC1)N(Cc1ccc(OC)cc1)C(=O)CN(c1cccc([N+](=O)[O-])c1)S(=O)(=O)c1ccccc1. The maximum absolute atomic E-state index is 14.2. The van der Waals surface area contributed by atoms with E-state index in [1.54, 1.807) is 56.5 Å². The number of carbonyl (C=O) groups excluding carboxylic acids is 2. The number of methoxy groups -OCH3 is 1. The van der Waals surface area contributed by atoms with E-state index < -0.39 is 33.4 Å². The van der Waals surface area contributed by atoms with Crippen molar-refractivity contribution < 1.29 is 27.7 Å². The summed E-state index contributed by atoms with van der Waals surface area (Å²) in [6.07, 6.45) is 5.18. The molecule has 4 rings (SSSR count). The number of benzene rings is 3. The first-order valence-corrected chi connectivity index (χ1v) is 16.1. The lowest BCUT2D eigenvalue weighted by molar-refractivity contribution is -0.384. The van der Waals surface area contributed by atoms with Crippen LogP contribution in [0.25, 0.3) is 0 Å². The van der Waals surface area contributed by atoms with Gasteiger partial charge >= 0.3 is 0 Å². The second-order valence-electron chi connectivity index (χ2n) is 10.7. The molecule has 0 spiro atoms. The van der Waals surface area contributed by atoms with Gasteiger partial charge in [-0.15, -0.1) is 0 Å². The maximum Gasteiger partial charge on any atom is 0.271 e. The Morgan fingerprint density at radius 2 is 1.68 bits per heavy atom. The first-order chi connectivity index (χ1) is 21.1. The maximum atomic E-state index is 14.2. The highest BCUT2D eigenvalue weighted by Crippen LogP contribution is 2.28. The average molecular weight is 623 g/mol. The Balaban J connectivity index is 1.72. The van der Waals surface area contributed by atoms with E-state index in [0.29, 0.717) is 12.2 Å². The second kappa shape index (κ2) is 14.8. The monoisotopic (exact) mass is 622 g/mol.